The van der Waals surface area contributed by atoms with E-state index < -0.39 is 0 Å². The van der Waals surface area contributed by atoms with Gasteiger partial charge in [-0.15, -0.1) is 0 Å². The minimum Gasteiger partial charge on any atom is -0.494 e. The Morgan fingerprint density at radius 2 is 1.86 bits per heavy atom. The average Bonchev–Trinajstić information content (AvgIpc) is 2.71. The van der Waals surface area contributed by atoms with Crippen molar-refractivity contribution in [3.8, 4) is 5.75 Å². The Bertz CT molecular complexity index is 929. The average molecular weight is 379 g/mol. The van der Waals surface area contributed by atoms with Gasteiger partial charge in [0.2, 0.25) is 0 Å². The minimum absolute atomic E-state index is 0.251. The van der Waals surface area contributed by atoms with Gasteiger partial charge in [0, 0.05) is 18.4 Å². The van der Waals surface area contributed by atoms with Crippen molar-refractivity contribution in [3.05, 3.63) is 83.9 Å². The number of hydrogen-bond acceptors (Lipinski definition) is 4. The molecule has 0 unspecified atom stereocenters. The fourth-order valence-electron chi connectivity index (χ4n) is 2.71. The van der Waals surface area contributed by atoms with Gasteiger partial charge in [-0.1, -0.05) is 18.2 Å². The summed E-state index contributed by atoms with van der Waals surface area (Å²) in [6.07, 6.45) is 3.57. The Morgan fingerprint density at radius 1 is 1.07 bits per heavy atom. The van der Waals surface area contributed by atoms with E-state index in [1.54, 1.807) is 30.5 Å². The van der Waals surface area contributed by atoms with Gasteiger partial charge in [0.15, 0.2) is 0 Å². The first kappa shape index (κ1) is 19.4. The zero-order valence-corrected chi connectivity index (χ0v) is 15.6. The highest BCUT2D eigenvalue weighted by molar-refractivity contribution is 5.94. The van der Waals surface area contributed by atoms with Crippen molar-refractivity contribution in [1.29, 1.82) is 0 Å². The molecule has 0 atom stereocenters. The van der Waals surface area contributed by atoms with Crippen LogP contribution in [0.5, 0.6) is 5.75 Å². The molecule has 0 radical (unpaired) electrons. The van der Waals surface area contributed by atoms with Gasteiger partial charge >= 0.3 is 0 Å². The van der Waals surface area contributed by atoms with Crippen LogP contribution in [-0.2, 0) is 6.42 Å². The number of carbonyl (C=O) groups is 1. The summed E-state index contributed by atoms with van der Waals surface area (Å²) in [6, 6.07) is 15.8. The molecule has 1 amide bonds. The van der Waals surface area contributed by atoms with Crippen molar-refractivity contribution in [2.45, 2.75) is 13.3 Å². The molecular formula is C22H22FN3O2. The number of pyridine rings is 1. The molecule has 0 aliphatic carbocycles. The fraction of sp³-hybridized carbons (Fsp3) is 0.182. The molecule has 1 heterocycles. The highest BCUT2D eigenvalue weighted by atomic mass is 19.1. The SMILES string of the molecule is CCOc1ccc(Nc2cncc(C(=O)NCCc3ccccc3F)c2)cc1. The number of carbonyl (C=O) groups excluding carboxylic acids is 1. The Labute approximate surface area is 163 Å². The standard InChI is InChI=1S/C22H22FN3O2/c1-2-28-20-9-7-18(8-10-20)26-19-13-17(14-24-15-19)22(27)25-12-11-16-5-3-4-6-21(16)23/h3-10,13-15,26H,2,11-12H2,1H3,(H,25,27). The second kappa shape index (κ2) is 9.50. The first-order valence-corrected chi connectivity index (χ1v) is 9.12. The Balaban J connectivity index is 1.57. The zero-order valence-electron chi connectivity index (χ0n) is 15.6. The summed E-state index contributed by atoms with van der Waals surface area (Å²) < 4.78 is 19.0. The minimum atomic E-state index is -0.264. The maximum atomic E-state index is 13.6. The first-order chi connectivity index (χ1) is 13.7. The highest BCUT2D eigenvalue weighted by Crippen LogP contribution is 2.20. The van der Waals surface area contributed by atoms with Crippen LogP contribution in [0, 0.1) is 5.82 Å². The van der Waals surface area contributed by atoms with Crippen LogP contribution in [0.4, 0.5) is 15.8 Å². The lowest BCUT2D eigenvalue weighted by Crippen LogP contribution is -2.26. The largest absolute Gasteiger partial charge is 0.494 e. The summed E-state index contributed by atoms with van der Waals surface area (Å²) in [6.45, 7) is 2.89. The highest BCUT2D eigenvalue weighted by Gasteiger charge is 2.08. The molecule has 0 saturated heterocycles. The van der Waals surface area contributed by atoms with Crippen LogP contribution in [0.1, 0.15) is 22.8 Å². The van der Waals surface area contributed by atoms with Crippen molar-refractivity contribution < 1.29 is 13.9 Å². The van der Waals surface area contributed by atoms with Gasteiger partial charge in [-0.3, -0.25) is 9.78 Å². The van der Waals surface area contributed by atoms with E-state index in [1.165, 1.54) is 12.3 Å². The van der Waals surface area contributed by atoms with Gasteiger partial charge in [-0.2, -0.15) is 0 Å². The zero-order chi connectivity index (χ0) is 19.8. The number of amides is 1. The number of rotatable bonds is 8. The van der Waals surface area contributed by atoms with Gasteiger partial charge in [-0.25, -0.2) is 4.39 Å². The Kier molecular flexibility index (Phi) is 6.57. The molecule has 6 heteroatoms. The van der Waals surface area contributed by atoms with E-state index in [4.69, 9.17) is 4.74 Å². The van der Waals surface area contributed by atoms with Crippen molar-refractivity contribution in [2.75, 3.05) is 18.5 Å². The van der Waals surface area contributed by atoms with E-state index >= 15 is 0 Å². The van der Waals surface area contributed by atoms with E-state index in [-0.39, 0.29) is 11.7 Å². The molecule has 28 heavy (non-hydrogen) atoms. The van der Waals surface area contributed by atoms with Crippen LogP contribution in [0.3, 0.4) is 0 Å². The summed E-state index contributed by atoms with van der Waals surface area (Å²) in [5.74, 6) is 0.285. The van der Waals surface area contributed by atoms with E-state index in [0.717, 1.165) is 11.4 Å². The smallest absolute Gasteiger partial charge is 0.252 e. The van der Waals surface area contributed by atoms with E-state index in [1.807, 2.05) is 31.2 Å². The molecule has 0 bridgehead atoms. The number of nitrogens with zero attached hydrogens (tertiary/aromatic N) is 1. The number of anilines is 2. The number of halogens is 1. The maximum absolute atomic E-state index is 13.6. The van der Waals surface area contributed by atoms with Gasteiger partial charge in [0.1, 0.15) is 11.6 Å². The van der Waals surface area contributed by atoms with Gasteiger partial charge in [-0.05, 0) is 55.3 Å². The third-order valence-electron chi connectivity index (χ3n) is 4.09. The molecule has 3 rings (SSSR count). The van der Waals surface area contributed by atoms with Crippen molar-refractivity contribution >= 4 is 17.3 Å². The number of aromatic nitrogens is 1. The first-order valence-electron chi connectivity index (χ1n) is 9.12. The number of benzene rings is 2. The molecule has 1 aromatic heterocycles. The van der Waals surface area contributed by atoms with Crippen LogP contribution < -0.4 is 15.4 Å². The molecule has 2 aromatic carbocycles. The van der Waals surface area contributed by atoms with E-state index in [9.17, 15) is 9.18 Å². The summed E-state index contributed by atoms with van der Waals surface area (Å²) in [7, 11) is 0. The molecule has 0 aliphatic rings. The van der Waals surface area contributed by atoms with Gasteiger partial charge in [0.25, 0.3) is 5.91 Å². The number of ether oxygens (including phenoxy) is 1. The molecule has 0 spiro atoms. The lowest BCUT2D eigenvalue weighted by atomic mass is 10.1. The number of hydrogen-bond donors (Lipinski definition) is 2. The summed E-state index contributed by atoms with van der Waals surface area (Å²) >= 11 is 0. The van der Waals surface area contributed by atoms with Gasteiger partial charge in [0.05, 0.1) is 24.1 Å². The van der Waals surface area contributed by atoms with Crippen LogP contribution in [0.15, 0.2) is 67.0 Å². The molecule has 5 nitrogen and oxygen atoms in total. The lowest BCUT2D eigenvalue weighted by molar-refractivity contribution is 0.0953. The van der Waals surface area contributed by atoms with Gasteiger partial charge < -0.3 is 15.4 Å². The van der Waals surface area contributed by atoms with Crippen molar-refractivity contribution in [3.63, 3.8) is 0 Å². The van der Waals surface area contributed by atoms with E-state index in [0.29, 0.717) is 36.4 Å². The quantitative estimate of drug-likeness (QED) is 0.611. The van der Waals surface area contributed by atoms with Crippen LogP contribution in [-0.4, -0.2) is 24.0 Å². The van der Waals surface area contributed by atoms with Crippen LogP contribution >= 0.6 is 0 Å². The second-order valence-electron chi connectivity index (χ2n) is 6.14. The fourth-order valence-corrected chi connectivity index (χ4v) is 2.71. The Morgan fingerprint density at radius 3 is 2.61 bits per heavy atom. The summed E-state index contributed by atoms with van der Waals surface area (Å²) in [5.41, 5.74) is 2.57. The van der Waals surface area contributed by atoms with Crippen molar-refractivity contribution in [1.82, 2.24) is 10.3 Å². The normalized spacial score (nSPS) is 10.4. The Hall–Kier alpha value is -3.41. The maximum Gasteiger partial charge on any atom is 0.252 e. The molecule has 2 N–H and O–H groups in total. The molecule has 0 fully saturated rings. The predicted octanol–water partition coefficient (Wildman–Crippen LogP) is 4.34. The topological polar surface area (TPSA) is 63.2 Å². The number of nitrogens with one attached hydrogen (secondary N) is 2. The second-order valence-corrected chi connectivity index (χ2v) is 6.14. The summed E-state index contributed by atoms with van der Waals surface area (Å²) in [5, 5.41) is 6.01. The third kappa shape index (κ3) is 5.30. The lowest BCUT2D eigenvalue weighted by Gasteiger charge is -2.10. The molecular weight excluding hydrogens is 357 g/mol. The summed E-state index contributed by atoms with van der Waals surface area (Å²) in [4.78, 5) is 16.5. The van der Waals surface area contributed by atoms with E-state index in [2.05, 4.69) is 15.6 Å². The molecule has 0 aliphatic heterocycles. The van der Waals surface area contributed by atoms with Crippen LogP contribution in [0.25, 0.3) is 0 Å². The van der Waals surface area contributed by atoms with Crippen LogP contribution in [0.2, 0.25) is 0 Å². The molecule has 144 valence electrons. The molecule has 0 saturated carbocycles. The third-order valence-corrected chi connectivity index (χ3v) is 4.09. The monoisotopic (exact) mass is 379 g/mol. The predicted molar refractivity (Wildman–Crippen MR) is 108 cm³/mol. The molecule has 3 aromatic rings. The van der Waals surface area contributed by atoms with Crippen molar-refractivity contribution in [2.24, 2.45) is 0 Å².